The zero-order valence-electron chi connectivity index (χ0n) is 12.8. The molecule has 1 amide bonds. The summed E-state index contributed by atoms with van der Waals surface area (Å²) in [5, 5.41) is 3.36. The van der Waals surface area contributed by atoms with Crippen molar-refractivity contribution < 1.29 is 4.79 Å². The lowest BCUT2D eigenvalue weighted by Crippen LogP contribution is -2.36. The summed E-state index contributed by atoms with van der Waals surface area (Å²) in [7, 11) is 3.48. The minimum Gasteiger partial charge on any atom is -0.397 e. The molecule has 2 rings (SSSR count). The highest BCUT2D eigenvalue weighted by molar-refractivity contribution is 7.99. The van der Waals surface area contributed by atoms with Crippen molar-refractivity contribution in [3.05, 3.63) is 23.8 Å². The van der Waals surface area contributed by atoms with Crippen LogP contribution in [0.15, 0.2) is 18.2 Å². The smallest absolute Gasteiger partial charge is 0.253 e. The number of nitrogens with one attached hydrogen (secondary N) is 1. The summed E-state index contributed by atoms with van der Waals surface area (Å²) in [6.45, 7) is 4.23. The van der Waals surface area contributed by atoms with Gasteiger partial charge < -0.3 is 16.0 Å². The van der Waals surface area contributed by atoms with Crippen LogP contribution in [-0.4, -0.2) is 67.5 Å². The summed E-state index contributed by atoms with van der Waals surface area (Å²) < 4.78 is 0. The Morgan fingerprint density at radius 1 is 1.38 bits per heavy atom. The SMILES string of the molecule is CN(C)C(=O)c1ccc(NCCN2CCSCC2)c(N)c1. The number of benzene rings is 1. The largest absolute Gasteiger partial charge is 0.397 e. The van der Waals surface area contributed by atoms with E-state index >= 15 is 0 Å². The summed E-state index contributed by atoms with van der Waals surface area (Å²) in [6, 6.07) is 5.44. The van der Waals surface area contributed by atoms with Crippen molar-refractivity contribution in [2.24, 2.45) is 0 Å². The van der Waals surface area contributed by atoms with Crippen molar-refractivity contribution in [2.45, 2.75) is 0 Å². The Kier molecular flexibility index (Phi) is 5.76. The molecule has 1 heterocycles. The number of anilines is 2. The van der Waals surface area contributed by atoms with Gasteiger partial charge in [-0.25, -0.2) is 0 Å². The first kappa shape index (κ1) is 16.0. The van der Waals surface area contributed by atoms with Crippen LogP contribution in [0.1, 0.15) is 10.4 Å². The number of nitrogen functional groups attached to an aromatic ring is 1. The van der Waals surface area contributed by atoms with E-state index in [1.165, 1.54) is 11.5 Å². The van der Waals surface area contributed by atoms with E-state index in [-0.39, 0.29) is 5.91 Å². The normalized spacial score (nSPS) is 15.7. The van der Waals surface area contributed by atoms with Crippen molar-refractivity contribution in [3.63, 3.8) is 0 Å². The summed E-state index contributed by atoms with van der Waals surface area (Å²) in [5.74, 6) is 2.42. The molecule has 3 N–H and O–H groups in total. The van der Waals surface area contributed by atoms with E-state index in [0.717, 1.165) is 31.9 Å². The molecule has 1 saturated heterocycles. The van der Waals surface area contributed by atoms with Gasteiger partial charge in [0.1, 0.15) is 0 Å². The molecule has 1 fully saturated rings. The molecule has 0 radical (unpaired) electrons. The van der Waals surface area contributed by atoms with Gasteiger partial charge >= 0.3 is 0 Å². The van der Waals surface area contributed by atoms with Crippen LogP contribution >= 0.6 is 11.8 Å². The number of carbonyl (C=O) groups excluding carboxylic acids is 1. The third-order valence-electron chi connectivity index (χ3n) is 3.55. The summed E-state index contributed by atoms with van der Waals surface area (Å²) >= 11 is 2.02. The average molecular weight is 308 g/mol. The van der Waals surface area contributed by atoms with Crippen LogP contribution < -0.4 is 11.1 Å². The topological polar surface area (TPSA) is 61.6 Å². The van der Waals surface area contributed by atoms with E-state index in [4.69, 9.17) is 5.73 Å². The van der Waals surface area contributed by atoms with Gasteiger partial charge in [0.25, 0.3) is 5.91 Å². The molecule has 116 valence electrons. The second kappa shape index (κ2) is 7.56. The fraction of sp³-hybridized carbons (Fsp3) is 0.533. The molecule has 0 bridgehead atoms. The maximum atomic E-state index is 11.9. The molecule has 1 aromatic carbocycles. The summed E-state index contributed by atoms with van der Waals surface area (Å²) in [5.41, 5.74) is 8.17. The van der Waals surface area contributed by atoms with Crippen LogP contribution in [0.2, 0.25) is 0 Å². The Hall–Kier alpha value is -1.40. The Balaban J connectivity index is 1.87. The number of thioether (sulfide) groups is 1. The Morgan fingerprint density at radius 3 is 2.71 bits per heavy atom. The van der Waals surface area contributed by atoms with Crippen molar-refractivity contribution in [1.29, 1.82) is 0 Å². The number of carbonyl (C=O) groups is 1. The van der Waals surface area contributed by atoms with Crippen molar-refractivity contribution in [2.75, 3.05) is 62.8 Å². The average Bonchev–Trinajstić information content (AvgIpc) is 2.49. The van der Waals surface area contributed by atoms with Gasteiger partial charge in [0.15, 0.2) is 0 Å². The van der Waals surface area contributed by atoms with Gasteiger partial charge in [-0.15, -0.1) is 0 Å². The highest BCUT2D eigenvalue weighted by Crippen LogP contribution is 2.20. The zero-order chi connectivity index (χ0) is 15.2. The second-order valence-corrected chi connectivity index (χ2v) is 6.61. The molecule has 0 unspecified atom stereocenters. The van der Waals surface area contributed by atoms with Gasteiger partial charge in [-0.2, -0.15) is 11.8 Å². The molecule has 1 aromatic rings. The molecule has 1 aliphatic rings. The third-order valence-corrected chi connectivity index (χ3v) is 4.49. The van der Waals surface area contributed by atoms with E-state index in [2.05, 4.69) is 10.2 Å². The summed E-state index contributed by atoms with van der Waals surface area (Å²) in [4.78, 5) is 15.9. The molecule has 5 nitrogen and oxygen atoms in total. The van der Waals surface area contributed by atoms with Crippen LogP contribution in [0, 0.1) is 0 Å². The minimum atomic E-state index is -0.0286. The highest BCUT2D eigenvalue weighted by Gasteiger charge is 2.11. The van der Waals surface area contributed by atoms with E-state index in [1.54, 1.807) is 25.1 Å². The molecule has 0 aromatic heterocycles. The quantitative estimate of drug-likeness (QED) is 0.806. The Labute approximate surface area is 130 Å². The third kappa shape index (κ3) is 4.54. The first-order valence-electron chi connectivity index (χ1n) is 7.23. The van der Waals surface area contributed by atoms with E-state index in [9.17, 15) is 4.79 Å². The van der Waals surface area contributed by atoms with E-state index < -0.39 is 0 Å². The Bertz CT molecular complexity index is 487. The minimum absolute atomic E-state index is 0.0286. The molecule has 1 aliphatic heterocycles. The molecule has 0 atom stereocenters. The number of hydrogen-bond donors (Lipinski definition) is 2. The first-order chi connectivity index (χ1) is 10.1. The molecule has 21 heavy (non-hydrogen) atoms. The molecule has 0 aliphatic carbocycles. The van der Waals surface area contributed by atoms with Gasteiger partial charge in [0.2, 0.25) is 0 Å². The maximum Gasteiger partial charge on any atom is 0.253 e. The molecule has 0 saturated carbocycles. The lowest BCUT2D eigenvalue weighted by molar-refractivity contribution is 0.0827. The van der Waals surface area contributed by atoms with Gasteiger partial charge in [-0.1, -0.05) is 0 Å². The lowest BCUT2D eigenvalue weighted by atomic mass is 10.1. The number of nitrogens with two attached hydrogens (primary N) is 1. The Morgan fingerprint density at radius 2 is 2.10 bits per heavy atom. The van der Waals surface area contributed by atoms with Crippen LogP contribution in [0.3, 0.4) is 0 Å². The van der Waals surface area contributed by atoms with Crippen molar-refractivity contribution in [1.82, 2.24) is 9.80 Å². The van der Waals surface area contributed by atoms with Crippen LogP contribution in [0.4, 0.5) is 11.4 Å². The molecular weight excluding hydrogens is 284 g/mol. The fourth-order valence-corrected chi connectivity index (χ4v) is 3.27. The zero-order valence-corrected chi connectivity index (χ0v) is 13.6. The second-order valence-electron chi connectivity index (χ2n) is 5.38. The molecule has 6 heteroatoms. The fourth-order valence-electron chi connectivity index (χ4n) is 2.29. The summed E-state index contributed by atoms with van der Waals surface area (Å²) in [6.07, 6.45) is 0. The van der Waals surface area contributed by atoms with E-state index in [0.29, 0.717) is 11.3 Å². The molecular formula is C15H24N4OS. The van der Waals surface area contributed by atoms with Crippen molar-refractivity contribution >= 4 is 29.0 Å². The maximum absolute atomic E-state index is 11.9. The number of rotatable bonds is 5. The predicted molar refractivity (Wildman–Crippen MR) is 91.1 cm³/mol. The van der Waals surface area contributed by atoms with Gasteiger partial charge in [0.05, 0.1) is 11.4 Å². The van der Waals surface area contributed by atoms with Crippen LogP contribution in [0.25, 0.3) is 0 Å². The first-order valence-corrected chi connectivity index (χ1v) is 8.38. The number of hydrogen-bond acceptors (Lipinski definition) is 5. The van der Waals surface area contributed by atoms with E-state index in [1.807, 2.05) is 23.9 Å². The number of nitrogens with zero attached hydrogens (tertiary/aromatic N) is 2. The van der Waals surface area contributed by atoms with Crippen LogP contribution in [-0.2, 0) is 0 Å². The monoisotopic (exact) mass is 308 g/mol. The number of amides is 1. The molecule has 0 spiro atoms. The van der Waals surface area contributed by atoms with Gasteiger partial charge in [-0.05, 0) is 18.2 Å². The van der Waals surface area contributed by atoms with Crippen molar-refractivity contribution in [3.8, 4) is 0 Å². The predicted octanol–water partition coefficient (Wildman–Crippen LogP) is 1.43. The highest BCUT2D eigenvalue weighted by atomic mass is 32.2. The standard InChI is InChI=1S/C15H24N4OS/c1-18(2)15(20)12-3-4-14(13(16)11-12)17-5-6-19-7-9-21-10-8-19/h3-4,11,17H,5-10,16H2,1-2H3. The van der Waals surface area contributed by atoms with Gasteiger partial charge in [-0.3, -0.25) is 9.69 Å². The van der Waals surface area contributed by atoms with Crippen LogP contribution in [0.5, 0.6) is 0 Å². The lowest BCUT2D eigenvalue weighted by Gasteiger charge is -2.26. The van der Waals surface area contributed by atoms with Gasteiger partial charge in [0, 0.05) is 57.3 Å².